The summed E-state index contributed by atoms with van der Waals surface area (Å²) in [4.78, 5) is 26.3. The van der Waals surface area contributed by atoms with Crippen LogP contribution in [0, 0.1) is 11.8 Å². The number of likely N-dealkylation sites (tertiary alicyclic amines) is 1. The number of urea groups is 1. The third-order valence-corrected chi connectivity index (χ3v) is 3.01. The Bertz CT molecular complexity index is 291. The fourth-order valence-electron chi connectivity index (χ4n) is 2.22. The molecule has 1 aliphatic heterocycles. The molecule has 17 heavy (non-hydrogen) atoms. The van der Waals surface area contributed by atoms with Gasteiger partial charge >= 0.3 is 12.0 Å². The lowest BCUT2D eigenvalue weighted by Crippen LogP contribution is -2.48. The highest BCUT2D eigenvalue weighted by Crippen LogP contribution is 2.17. The number of hydrogen-bond donors (Lipinski definition) is 1. The summed E-state index contributed by atoms with van der Waals surface area (Å²) in [6, 6.07) is -0.0512. The first-order chi connectivity index (χ1) is 7.91. The maximum atomic E-state index is 12.1. The smallest absolute Gasteiger partial charge is 0.319 e. The third-order valence-electron chi connectivity index (χ3n) is 3.01. The summed E-state index contributed by atoms with van der Waals surface area (Å²) in [5, 5.41) is 8.97. The highest BCUT2D eigenvalue weighted by molar-refractivity contribution is 5.76. The van der Waals surface area contributed by atoms with E-state index in [9.17, 15) is 9.59 Å². The molecule has 1 N–H and O–H groups in total. The summed E-state index contributed by atoms with van der Waals surface area (Å²) in [7, 11) is 1.77. The molecule has 0 aromatic carbocycles. The number of carbonyl (C=O) groups is 2. The Morgan fingerprint density at radius 1 is 1.47 bits per heavy atom. The van der Waals surface area contributed by atoms with E-state index in [1.54, 1.807) is 16.8 Å². The van der Waals surface area contributed by atoms with Gasteiger partial charge in [0.2, 0.25) is 0 Å². The SMILES string of the molecule is CC(C)CN(C)C(=O)N1CCC[C@H](C(=O)O)C1. The monoisotopic (exact) mass is 242 g/mol. The first kappa shape index (κ1) is 13.8. The third kappa shape index (κ3) is 3.91. The van der Waals surface area contributed by atoms with Gasteiger partial charge in [-0.3, -0.25) is 4.79 Å². The molecule has 1 fully saturated rings. The second kappa shape index (κ2) is 5.89. The zero-order valence-corrected chi connectivity index (χ0v) is 10.8. The summed E-state index contributed by atoms with van der Waals surface area (Å²) in [5.74, 6) is -0.779. The molecule has 1 saturated heterocycles. The number of piperidine rings is 1. The molecule has 5 nitrogen and oxygen atoms in total. The molecule has 98 valence electrons. The minimum Gasteiger partial charge on any atom is -0.481 e. The lowest BCUT2D eigenvalue weighted by atomic mass is 9.98. The number of hydrogen-bond acceptors (Lipinski definition) is 2. The number of aliphatic carboxylic acids is 1. The maximum absolute atomic E-state index is 12.1. The molecular weight excluding hydrogens is 220 g/mol. The van der Waals surface area contributed by atoms with Crippen molar-refractivity contribution in [3.05, 3.63) is 0 Å². The van der Waals surface area contributed by atoms with E-state index in [2.05, 4.69) is 13.8 Å². The Kier molecular flexibility index (Phi) is 4.78. The molecule has 0 unspecified atom stereocenters. The van der Waals surface area contributed by atoms with Gasteiger partial charge in [0.25, 0.3) is 0 Å². The van der Waals surface area contributed by atoms with Crippen molar-refractivity contribution in [2.75, 3.05) is 26.7 Å². The van der Waals surface area contributed by atoms with Gasteiger partial charge < -0.3 is 14.9 Å². The minimum absolute atomic E-state index is 0.0512. The van der Waals surface area contributed by atoms with Crippen LogP contribution in [-0.2, 0) is 4.79 Å². The van der Waals surface area contributed by atoms with Gasteiger partial charge in [-0.1, -0.05) is 13.8 Å². The molecule has 0 aliphatic carbocycles. The topological polar surface area (TPSA) is 60.9 Å². The molecule has 1 heterocycles. The van der Waals surface area contributed by atoms with E-state index in [1.165, 1.54) is 0 Å². The average Bonchev–Trinajstić information content (AvgIpc) is 2.27. The number of amides is 2. The van der Waals surface area contributed by atoms with Crippen LogP contribution in [0.3, 0.4) is 0 Å². The van der Waals surface area contributed by atoms with Crippen molar-refractivity contribution >= 4 is 12.0 Å². The van der Waals surface area contributed by atoms with Crippen molar-refractivity contribution in [1.82, 2.24) is 9.80 Å². The number of carbonyl (C=O) groups excluding carboxylic acids is 1. The van der Waals surface area contributed by atoms with Crippen molar-refractivity contribution in [2.45, 2.75) is 26.7 Å². The molecule has 0 aromatic rings. The van der Waals surface area contributed by atoms with Crippen molar-refractivity contribution in [3.63, 3.8) is 0 Å². The largest absolute Gasteiger partial charge is 0.481 e. The van der Waals surface area contributed by atoms with Crippen LogP contribution in [0.5, 0.6) is 0 Å². The van der Waals surface area contributed by atoms with Gasteiger partial charge in [-0.05, 0) is 18.8 Å². The van der Waals surface area contributed by atoms with E-state index in [1.807, 2.05) is 0 Å². The fourth-order valence-corrected chi connectivity index (χ4v) is 2.22. The molecule has 0 bridgehead atoms. The predicted molar refractivity (Wildman–Crippen MR) is 64.8 cm³/mol. The molecule has 0 saturated carbocycles. The Morgan fingerprint density at radius 2 is 2.12 bits per heavy atom. The van der Waals surface area contributed by atoms with Crippen LogP contribution in [0.25, 0.3) is 0 Å². The molecule has 1 rings (SSSR count). The zero-order valence-electron chi connectivity index (χ0n) is 10.8. The zero-order chi connectivity index (χ0) is 13.0. The van der Waals surface area contributed by atoms with Gasteiger partial charge in [0.15, 0.2) is 0 Å². The Labute approximate surface area is 102 Å². The van der Waals surface area contributed by atoms with Crippen molar-refractivity contribution in [3.8, 4) is 0 Å². The second-order valence-electron chi connectivity index (χ2n) is 5.18. The molecule has 0 aromatic heterocycles. The van der Waals surface area contributed by atoms with Crippen molar-refractivity contribution in [2.24, 2.45) is 11.8 Å². The van der Waals surface area contributed by atoms with E-state index in [0.29, 0.717) is 32.0 Å². The van der Waals surface area contributed by atoms with Crippen LogP contribution in [0.15, 0.2) is 0 Å². The first-order valence-electron chi connectivity index (χ1n) is 6.14. The molecule has 0 spiro atoms. The van der Waals surface area contributed by atoms with E-state index in [0.717, 1.165) is 6.42 Å². The van der Waals surface area contributed by atoms with Crippen LogP contribution >= 0.6 is 0 Å². The van der Waals surface area contributed by atoms with Crippen molar-refractivity contribution < 1.29 is 14.7 Å². The van der Waals surface area contributed by atoms with Crippen LogP contribution in [0.1, 0.15) is 26.7 Å². The van der Waals surface area contributed by atoms with Gasteiger partial charge in [0.05, 0.1) is 5.92 Å². The number of carboxylic acid groups (broad SMARTS) is 1. The standard InChI is InChI=1S/C12H22N2O3/c1-9(2)7-13(3)12(17)14-6-4-5-10(8-14)11(15)16/h9-10H,4-8H2,1-3H3,(H,15,16)/t10-/m0/s1. The van der Waals surface area contributed by atoms with Crippen LogP contribution < -0.4 is 0 Å². The second-order valence-corrected chi connectivity index (χ2v) is 5.18. The first-order valence-corrected chi connectivity index (χ1v) is 6.14. The molecule has 5 heteroatoms. The summed E-state index contributed by atoms with van der Waals surface area (Å²) < 4.78 is 0. The molecule has 1 aliphatic rings. The van der Waals surface area contributed by atoms with Crippen molar-refractivity contribution in [1.29, 1.82) is 0 Å². The van der Waals surface area contributed by atoms with Gasteiger partial charge in [0.1, 0.15) is 0 Å². The minimum atomic E-state index is -0.797. The highest BCUT2D eigenvalue weighted by atomic mass is 16.4. The molecule has 1 atom stereocenters. The van der Waals surface area contributed by atoms with Gasteiger partial charge in [0, 0.05) is 26.7 Å². The molecular formula is C12H22N2O3. The summed E-state index contributed by atoms with van der Waals surface area (Å²) in [6.45, 7) is 5.83. The fraction of sp³-hybridized carbons (Fsp3) is 0.833. The maximum Gasteiger partial charge on any atom is 0.319 e. The number of rotatable bonds is 3. The quantitative estimate of drug-likeness (QED) is 0.815. The molecule has 0 radical (unpaired) electrons. The van der Waals surface area contributed by atoms with Gasteiger partial charge in [-0.25, -0.2) is 4.79 Å². The van der Waals surface area contributed by atoms with Gasteiger partial charge in [-0.2, -0.15) is 0 Å². The van der Waals surface area contributed by atoms with Crippen LogP contribution in [0.2, 0.25) is 0 Å². The Hall–Kier alpha value is -1.26. The van der Waals surface area contributed by atoms with E-state index in [-0.39, 0.29) is 6.03 Å². The predicted octanol–water partition coefficient (Wildman–Crippen LogP) is 1.49. The number of nitrogens with zero attached hydrogens (tertiary/aromatic N) is 2. The summed E-state index contributed by atoms with van der Waals surface area (Å²) in [5.41, 5.74) is 0. The average molecular weight is 242 g/mol. The Morgan fingerprint density at radius 3 is 2.65 bits per heavy atom. The highest BCUT2D eigenvalue weighted by Gasteiger charge is 2.29. The van der Waals surface area contributed by atoms with E-state index < -0.39 is 11.9 Å². The lowest BCUT2D eigenvalue weighted by Gasteiger charge is -2.34. The summed E-state index contributed by atoms with van der Waals surface area (Å²) in [6.07, 6.45) is 1.45. The van der Waals surface area contributed by atoms with Crippen LogP contribution in [0.4, 0.5) is 4.79 Å². The van der Waals surface area contributed by atoms with Gasteiger partial charge in [-0.15, -0.1) is 0 Å². The van der Waals surface area contributed by atoms with Crippen LogP contribution in [-0.4, -0.2) is 53.6 Å². The lowest BCUT2D eigenvalue weighted by molar-refractivity contribution is -0.143. The van der Waals surface area contributed by atoms with E-state index >= 15 is 0 Å². The number of carboxylic acids is 1. The Balaban J connectivity index is 2.54. The summed E-state index contributed by atoms with van der Waals surface area (Å²) >= 11 is 0. The normalized spacial score (nSPS) is 20.5. The molecule has 2 amide bonds. The van der Waals surface area contributed by atoms with E-state index in [4.69, 9.17) is 5.11 Å².